The van der Waals surface area contributed by atoms with E-state index in [9.17, 15) is 8.42 Å². The number of hydrogen-bond acceptors (Lipinski definition) is 5. The van der Waals surface area contributed by atoms with Crippen molar-refractivity contribution in [2.75, 3.05) is 19.3 Å². The molecular formula is C15H20N4O2S. The van der Waals surface area contributed by atoms with Crippen LogP contribution in [-0.4, -0.2) is 47.8 Å². The zero-order valence-electron chi connectivity index (χ0n) is 12.8. The Morgan fingerprint density at radius 2 is 2.23 bits per heavy atom. The minimum Gasteiger partial charge on any atom is -0.297 e. The second kappa shape index (κ2) is 5.81. The van der Waals surface area contributed by atoms with E-state index in [1.54, 1.807) is 0 Å². The number of aryl methyl sites for hydroxylation is 1. The molecule has 118 valence electrons. The summed E-state index contributed by atoms with van der Waals surface area (Å²) in [6, 6.07) is 6.03. The Balaban J connectivity index is 1.72. The van der Waals surface area contributed by atoms with Crippen molar-refractivity contribution in [3.8, 4) is 0 Å². The molecule has 22 heavy (non-hydrogen) atoms. The van der Waals surface area contributed by atoms with E-state index in [1.807, 2.05) is 25.1 Å². The van der Waals surface area contributed by atoms with Gasteiger partial charge >= 0.3 is 0 Å². The number of sulfone groups is 1. The standard InChI is InChI=1S/C15H20N4O2S/c1-11-4-3-5-13(17-11)10-19-7-6-12(9-19)15-14(8-16-18-15)22(2,20)21/h3-5,8,12H,6-7,9-10H2,1-2H3,(H,16,18)/t12-/m1/s1. The first-order valence-corrected chi connectivity index (χ1v) is 9.21. The molecule has 0 unspecified atom stereocenters. The van der Waals surface area contributed by atoms with Crippen LogP contribution in [0, 0.1) is 6.92 Å². The van der Waals surface area contributed by atoms with Crippen molar-refractivity contribution in [2.45, 2.75) is 30.7 Å². The van der Waals surface area contributed by atoms with Crippen molar-refractivity contribution < 1.29 is 8.42 Å². The maximum absolute atomic E-state index is 11.8. The van der Waals surface area contributed by atoms with E-state index in [2.05, 4.69) is 20.1 Å². The van der Waals surface area contributed by atoms with Crippen LogP contribution in [0.3, 0.4) is 0 Å². The van der Waals surface area contributed by atoms with E-state index in [-0.39, 0.29) is 5.92 Å². The number of aromatic amines is 1. The number of pyridine rings is 1. The number of hydrogen-bond donors (Lipinski definition) is 1. The number of nitrogens with one attached hydrogen (secondary N) is 1. The van der Waals surface area contributed by atoms with Crippen LogP contribution in [0.4, 0.5) is 0 Å². The molecule has 1 aliphatic heterocycles. The van der Waals surface area contributed by atoms with Gasteiger partial charge in [-0.1, -0.05) is 6.07 Å². The van der Waals surface area contributed by atoms with Gasteiger partial charge in [0.1, 0.15) is 4.90 Å². The van der Waals surface area contributed by atoms with Crippen LogP contribution in [-0.2, 0) is 16.4 Å². The molecule has 2 aromatic rings. The average molecular weight is 320 g/mol. The summed E-state index contributed by atoms with van der Waals surface area (Å²) in [5.74, 6) is 0.178. The lowest BCUT2D eigenvalue weighted by Crippen LogP contribution is -2.21. The Morgan fingerprint density at radius 1 is 1.41 bits per heavy atom. The van der Waals surface area contributed by atoms with Gasteiger partial charge in [-0.25, -0.2) is 8.42 Å². The minimum absolute atomic E-state index is 0.178. The van der Waals surface area contributed by atoms with Crippen LogP contribution in [0.5, 0.6) is 0 Å². The Morgan fingerprint density at radius 3 is 2.95 bits per heavy atom. The molecule has 0 bridgehead atoms. The fourth-order valence-corrected chi connectivity index (χ4v) is 3.86. The molecule has 0 spiro atoms. The molecule has 0 amide bonds. The van der Waals surface area contributed by atoms with Crippen molar-refractivity contribution in [2.24, 2.45) is 0 Å². The summed E-state index contributed by atoms with van der Waals surface area (Å²) >= 11 is 0. The van der Waals surface area contributed by atoms with Crippen LogP contribution >= 0.6 is 0 Å². The smallest absolute Gasteiger partial charge is 0.178 e. The number of rotatable bonds is 4. The Bertz CT molecular complexity index is 769. The molecule has 3 heterocycles. The summed E-state index contributed by atoms with van der Waals surface area (Å²) in [5.41, 5.74) is 2.80. The van der Waals surface area contributed by atoms with Gasteiger partial charge in [0.2, 0.25) is 0 Å². The molecule has 7 heteroatoms. The van der Waals surface area contributed by atoms with Crippen molar-refractivity contribution in [1.29, 1.82) is 0 Å². The maximum atomic E-state index is 11.8. The third-order valence-corrected chi connectivity index (χ3v) is 5.17. The topological polar surface area (TPSA) is 79.0 Å². The molecule has 0 aromatic carbocycles. The summed E-state index contributed by atoms with van der Waals surface area (Å²) in [5, 5.41) is 6.80. The second-order valence-electron chi connectivity index (χ2n) is 5.91. The van der Waals surface area contributed by atoms with Crippen LogP contribution in [0.1, 0.15) is 29.4 Å². The van der Waals surface area contributed by atoms with Crippen LogP contribution < -0.4 is 0 Å². The Kier molecular flexibility index (Phi) is 4.01. The van der Waals surface area contributed by atoms with Crippen LogP contribution in [0.25, 0.3) is 0 Å². The fraction of sp³-hybridized carbons (Fsp3) is 0.467. The summed E-state index contributed by atoms with van der Waals surface area (Å²) < 4.78 is 23.6. The molecule has 0 radical (unpaired) electrons. The normalized spacial score (nSPS) is 19.6. The molecule has 6 nitrogen and oxygen atoms in total. The van der Waals surface area contributed by atoms with Gasteiger partial charge in [-0.05, 0) is 32.0 Å². The van der Waals surface area contributed by atoms with Crippen molar-refractivity contribution >= 4 is 9.84 Å². The van der Waals surface area contributed by atoms with E-state index in [0.29, 0.717) is 4.90 Å². The Labute approximate surface area is 130 Å². The molecule has 0 aliphatic carbocycles. The molecule has 1 aliphatic rings. The van der Waals surface area contributed by atoms with Gasteiger partial charge in [0.25, 0.3) is 0 Å². The van der Waals surface area contributed by atoms with Gasteiger partial charge in [0, 0.05) is 31.0 Å². The number of likely N-dealkylation sites (tertiary alicyclic amines) is 1. The van der Waals surface area contributed by atoms with Gasteiger partial charge in [0.15, 0.2) is 9.84 Å². The zero-order chi connectivity index (χ0) is 15.7. The van der Waals surface area contributed by atoms with Gasteiger partial charge < -0.3 is 0 Å². The lowest BCUT2D eigenvalue weighted by molar-refractivity contribution is 0.321. The second-order valence-corrected chi connectivity index (χ2v) is 7.90. The molecule has 2 aromatic heterocycles. The predicted molar refractivity (Wildman–Crippen MR) is 83.3 cm³/mol. The zero-order valence-corrected chi connectivity index (χ0v) is 13.6. The number of aromatic nitrogens is 3. The summed E-state index contributed by atoms with van der Waals surface area (Å²) in [6.45, 7) is 4.53. The Hall–Kier alpha value is -1.73. The highest BCUT2D eigenvalue weighted by Crippen LogP contribution is 2.30. The number of H-pyrrole nitrogens is 1. The van der Waals surface area contributed by atoms with Crippen LogP contribution in [0.15, 0.2) is 29.3 Å². The SMILES string of the molecule is Cc1cccc(CN2CC[C@@H](c3[nH]ncc3S(C)(=O)=O)C2)n1. The molecule has 1 saturated heterocycles. The van der Waals surface area contributed by atoms with E-state index < -0.39 is 9.84 Å². The predicted octanol–water partition coefficient (Wildman–Crippen LogP) is 1.51. The monoisotopic (exact) mass is 320 g/mol. The van der Waals surface area contributed by atoms with Crippen LogP contribution in [0.2, 0.25) is 0 Å². The van der Waals surface area contributed by atoms with Crippen molar-refractivity contribution in [3.05, 3.63) is 41.5 Å². The fourth-order valence-electron chi connectivity index (χ4n) is 3.00. The quantitative estimate of drug-likeness (QED) is 0.923. The third kappa shape index (κ3) is 3.20. The van der Waals surface area contributed by atoms with E-state index >= 15 is 0 Å². The largest absolute Gasteiger partial charge is 0.297 e. The van der Waals surface area contributed by atoms with E-state index in [0.717, 1.165) is 43.1 Å². The first-order valence-electron chi connectivity index (χ1n) is 7.31. The van der Waals surface area contributed by atoms with Gasteiger partial charge in [-0.3, -0.25) is 15.0 Å². The molecule has 3 rings (SSSR count). The molecular weight excluding hydrogens is 300 g/mol. The summed E-state index contributed by atoms with van der Waals surface area (Å²) in [4.78, 5) is 7.16. The highest BCUT2D eigenvalue weighted by Gasteiger charge is 2.29. The van der Waals surface area contributed by atoms with Gasteiger partial charge in [-0.2, -0.15) is 5.10 Å². The first-order chi connectivity index (χ1) is 10.4. The summed E-state index contributed by atoms with van der Waals surface area (Å²) in [6.07, 6.45) is 3.57. The molecule has 1 N–H and O–H groups in total. The lowest BCUT2D eigenvalue weighted by Gasteiger charge is -2.15. The van der Waals surface area contributed by atoms with E-state index in [4.69, 9.17) is 0 Å². The highest BCUT2D eigenvalue weighted by atomic mass is 32.2. The molecule has 0 saturated carbocycles. The number of nitrogens with zero attached hydrogens (tertiary/aromatic N) is 3. The van der Waals surface area contributed by atoms with Gasteiger partial charge in [-0.15, -0.1) is 0 Å². The van der Waals surface area contributed by atoms with E-state index in [1.165, 1.54) is 12.5 Å². The van der Waals surface area contributed by atoms with Gasteiger partial charge in [0.05, 0.1) is 17.6 Å². The molecule has 1 atom stereocenters. The molecule has 1 fully saturated rings. The highest BCUT2D eigenvalue weighted by molar-refractivity contribution is 7.90. The lowest BCUT2D eigenvalue weighted by atomic mass is 10.1. The third-order valence-electron chi connectivity index (χ3n) is 4.04. The average Bonchev–Trinajstić information content (AvgIpc) is 3.05. The summed E-state index contributed by atoms with van der Waals surface area (Å²) in [7, 11) is -3.23. The van der Waals surface area contributed by atoms with Crippen molar-refractivity contribution in [3.63, 3.8) is 0 Å². The van der Waals surface area contributed by atoms with Crippen molar-refractivity contribution in [1.82, 2.24) is 20.1 Å². The maximum Gasteiger partial charge on any atom is 0.178 e. The first kappa shape index (κ1) is 15.2. The minimum atomic E-state index is -3.23.